The van der Waals surface area contributed by atoms with Crippen LogP contribution < -0.4 is 10.1 Å². The number of aromatic nitrogens is 2. The lowest BCUT2D eigenvalue weighted by atomic mass is 10.4. The van der Waals surface area contributed by atoms with Crippen LogP contribution in [0.5, 0.6) is 5.75 Å². The highest BCUT2D eigenvalue weighted by Gasteiger charge is 2.20. The van der Waals surface area contributed by atoms with Gasteiger partial charge >= 0.3 is 0 Å². The van der Waals surface area contributed by atoms with E-state index in [1.54, 1.807) is 13.4 Å². The minimum atomic E-state index is 0.688. The van der Waals surface area contributed by atoms with E-state index in [2.05, 4.69) is 15.3 Å². The van der Waals surface area contributed by atoms with E-state index in [9.17, 15) is 0 Å². The smallest absolute Gasteiger partial charge is 0.193 e. The molecule has 1 aliphatic rings. The van der Waals surface area contributed by atoms with E-state index in [-0.39, 0.29) is 0 Å². The van der Waals surface area contributed by atoms with Crippen LogP contribution in [-0.2, 0) is 0 Å². The van der Waals surface area contributed by atoms with E-state index >= 15 is 0 Å². The van der Waals surface area contributed by atoms with Crippen molar-refractivity contribution >= 4 is 17.6 Å². The summed E-state index contributed by atoms with van der Waals surface area (Å²) in [5.41, 5.74) is 0. The van der Waals surface area contributed by atoms with Crippen molar-refractivity contribution in [3.05, 3.63) is 6.33 Å². The Labute approximate surface area is 107 Å². The monoisotopic (exact) mass is 253 g/mol. The van der Waals surface area contributed by atoms with Gasteiger partial charge in [-0.05, 0) is 19.8 Å². The quantitative estimate of drug-likeness (QED) is 0.817. The van der Waals surface area contributed by atoms with Crippen molar-refractivity contribution in [2.75, 3.05) is 19.0 Å². The molecule has 0 spiro atoms. The molecule has 4 nitrogen and oxygen atoms in total. The third-order valence-electron chi connectivity index (χ3n) is 2.90. The second kappa shape index (κ2) is 6.10. The first-order valence-electron chi connectivity index (χ1n) is 6.14. The highest BCUT2D eigenvalue weighted by molar-refractivity contribution is 8.00. The van der Waals surface area contributed by atoms with Crippen molar-refractivity contribution in [3.63, 3.8) is 0 Å². The summed E-state index contributed by atoms with van der Waals surface area (Å²) in [4.78, 5) is 8.56. The lowest BCUT2D eigenvalue weighted by Crippen LogP contribution is -2.05. The molecular weight excluding hydrogens is 234 g/mol. The van der Waals surface area contributed by atoms with E-state index in [0.717, 1.165) is 23.1 Å². The molecule has 1 aromatic heterocycles. The van der Waals surface area contributed by atoms with Crippen LogP contribution in [0.2, 0.25) is 0 Å². The molecule has 0 saturated heterocycles. The van der Waals surface area contributed by atoms with E-state index in [0.29, 0.717) is 5.25 Å². The van der Waals surface area contributed by atoms with Crippen LogP contribution in [-0.4, -0.2) is 28.9 Å². The SMILES string of the molecule is CCNc1ncnc(SC2CCCC2)c1OC. The number of nitrogens with zero attached hydrogens (tertiary/aromatic N) is 2. The summed E-state index contributed by atoms with van der Waals surface area (Å²) in [5.74, 6) is 1.58. The van der Waals surface area contributed by atoms with E-state index in [1.807, 2.05) is 18.7 Å². The summed E-state index contributed by atoms with van der Waals surface area (Å²) < 4.78 is 5.43. The average Bonchev–Trinajstić information content (AvgIpc) is 2.83. The lowest BCUT2D eigenvalue weighted by Gasteiger charge is -2.14. The second-order valence-electron chi connectivity index (χ2n) is 4.12. The van der Waals surface area contributed by atoms with Gasteiger partial charge in [0.15, 0.2) is 11.6 Å². The van der Waals surface area contributed by atoms with Gasteiger partial charge < -0.3 is 10.1 Å². The van der Waals surface area contributed by atoms with Crippen molar-refractivity contribution in [1.29, 1.82) is 0 Å². The molecule has 94 valence electrons. The summed E-state index contributed by atoms with van der Waals surface area (Å²) in [6.07, 6.45) is 6.86. The highest BCUT2D eigenvalue weighted by atomic mass is 32.2. The molecule has 1 heterocycles. The summed E-state index contributed by atoms with van der Waals surface area (Å²) >= 11 is 1.83. The van der Waals surface area contributed by atoms with Crippen LogP contribution in [0, 0.1) is 0 Å². The van der Waals surface area contributed by atoms with Crippen LogP contribution in [0.4, 0.5) is 5.82 Å². The molecule has 0 amide bonds. The predicted molar refractivity (Wildman–Crippen MR) is 70.9 cm³/mol. The summed E-state index contributed by atoms with van der Waals surface area (Å²) in [5, 5.41) is 4.85. The maximum atomic E-state index is 5.43. The number of ether oxygens (including phenoxy) is 1. The normalized spacial score (nSPS) is 16.1. The molecule has 1 aliphatic carbocycles. The van der Waals surface area contributed by atoms with Crippen LogP contribution in [0.3, 0.4) is 0 Å². The Kier molecular flexibility index (Phi) is 4.48. The maximum absolute atomic E-state index is 5.43. The fraction of sp³-hybridized carbons (Fsp3) is 0.667. The molecule has 2 rings (SSSR count). The van der Waals surface area contributed by atoms with Gasteiger partial charge in [0.25, 0.3) is 0 Å². The molecule has 0 bridgehead atoms. The number of hydrogen-bond donors (Lipinski definition) is 1. The van der Waals surface area contributed by atoms with Gasteiger partial charge in [-0.25, -0.2) is 9.97 Å². The Bertz CT molecular complexity index is 367. The first kappa shape index (κ1) is 12.5. The van der Waals surface area contributed by atoms with Gasteiger partial charge in [0.1, 0.15) is 11.4 Å². The Balaban J connectivity index is 2.16. The Hall–Kier alpha value is -0.970. The molecule has 0 atom stereocenters. The van der Waals surface area contributed by atoms with Crippen LogP contribution in [0.1, 0.15) is 32.6 Å². The fourth-order valence-electron chi connectivity index (χ4n) is 2.08. The summed E-state index contributed by atoms with van der Waals surface area (Å²) in [7, 11) is 1.68. The van der Waals surface area contributed by atoms with Crippen molar-refractivity contribution < 1.29 is 4.74 Å². The second-order valence-corrected chi connectivity index (χ2v) is 5.40. The van der Waals surface area contributed by atoms with Gasteiger partial charge in [-0.3, -0.25) is 0 Å². The fourth-order valence-corrected chi connectivity index (χ4v) is 3.36. The van der Waals surface area contributed by atoms with Gasteiger partial charge in [-0.1, -0.05) is 24.6 Å². The minimum absolute atomic E-state index is 0.688. The predicted octanol–water partition coefficient (Wildman–Crippen LogP) is 2.95. The number of anilines is 1. The molecule has 1 N–H and O–H groups in total. The molecule has 0 aromatic carbocycles. The Morgan fingerprint density at radius 3 is 2.82 bits per heavy atom. The molecule has 1 fully saturated rings. The molecule has 1 aromatic rings. The third-order valence-corrected chi connectivity index (χ3v) is 4.22. The summed E-state index contributed by atoms with van der Waals surface area (Å²) in [6, 6.07) is 0. The zero-order valence-electron chi connectivity index (χ0n) is 10.4. The van der Waals surface area contributed by atoms with E-state index in [4.69, 9.17) is 4.74 Å². The molecular formula is C12H19N3OS. The maximum Gasteiger partial charge on any atom is 0.193 e. The average molecular weight is 253 g/mol. The van der Waals surface area contributed by atoms with Crippen molar-refractivity contribution in [1.82, 2.24) is 9.97 Å². The van der Waals surface area contributed by atoms with Gasteiger partial charge in [-0.15, -0.1) is 0 Å². The topological polar surface area (TPSA) is 47.0 Å². The van der Waals surface area contributed by atoms with Crippen LogP contribution >= 0.6 is 11.8 Å². The van der Waals surface area contributed by atoms with Crippen molar-refractivity contribution in [3.8, 4) is 5.75 Å². The number of thioether (sulfide) groups is 1. The molecule has 17 heavy (non-hydrogen) atoms. The highest BCUT2D eigenvalue weighted by Crippen LogP contribution is 2.39. The van der Waals surface area contributed by atoms with Gasteiger partial charge in [0.2, 0.25) is 0 Å². The Morgan fingerprint density at radius 2 is 2.18 bits per heavy atom. The van der Waals surface area contributed by atoms with Gasteiger partial charge in [0.05, 0.1) is 7.11 Å². The molecule has 0 aliphatic heterocycles. The summed E-state index contributed by atoms with van der Waals surface area (Å²) in [6.45, 7) is 2.88. The van der Waals surface area contributed by atoms with Crippen LogP contribution in [0.15, 0.2) is 11.4 Å². The zero-order chi connectivity index (χ0) is 12.1. The molecule has 0 unspecified atom stereocenters. The first-order valence-corrected chi connectivity index (χ1v) is 7.02. The lowest BCUT2D eigenvalue weighted by molar-refractivity contribution is 0.400. The number of nitrogens with one attached hydrogen (secondary N) is 1. The van der Waals surface area contributed by atoms with Crippen molar-refractivity contribution in [2.45, 2.75) is 42.9 Å². The van der Waals surface area contributed by atoms with E-state index in [1.165, 1.54) is 25.7 Å². The standard InChI is InChI=1S/C12H19N3OS/c1-3-13-11-10(16-2)12(15-8-14-11)17-9-6-4-5-7-9/h8-9H,3-7H2,1-2H3,(H,13,14,15). The van der Waals surface area contributed by atoms with Crippen molar-refractivity contribution in [2.24, 2.45) is 0 Å². The first-order chi connectivity index (χ1) is 8.35. The number of methoxy groups -OCH3 is 1. The van der Waals surface area contributed by atoms with Gasteiger partial charge in [0, 0.05) is 11.8 Å². The van der Waals surface area contributed by atoms with Crippen LogP contribution in [0.25, 0.3) is 0 Å². The van der Waals surface area contributed by atoms with Gasteiger partial charge in [-0.2, -0.15) is 0 Å². The third kappa shape index (κ3) is 3.03. The largest absolute Gasteiger partial charge is 0.490 e. The molecule has 1 saturated carbocycles. The number of hydrogen-bond acceptors (Lipinski definition) is 5. The zero-order valence-corrected chi connectivity index (χ0v) is 11.2. The van der Waals surface area contributed by atoms with E-state index < -0.39 is 0 Å². The molecule has 5 heteroatoms. The minimum Gasteiger partial charge on any atom is -0.490 e. The number of rotatable bonds is 5. The Morgan fingerprint density at radius 1 is 1.41 bits per heavy atom. The molecule has 0 radical (unpaired) electrons.